The smallest absolute Gasteiger partial charge is 0.243 e. The molecule has 2 amide bonds. The van der Waals surface area contributed by atoms with E-state index in [-0.39, 0.29) is 17.3 Å². The van der Waals surface area contributed by atoms with E-state index in [1.54, 1.807) is 19.9 Å². The third-order valence-electron chi connectivity index (χ3n) is 4.87. The van der Waals surface area contributed by atoms with Gasteiger partial charge in [0.15, 0.2) is 0 Å². The molecule has 0 spiro atoms. The Morgan fingerprint density at radius 1 is 1.33 bits per heavy atom. The number of nitrogens with one attached hydrogen (secondary N) is 1. The number of rotatable bonds is 3. The lowest BCUT2D eigenvalue weighted by Gasteiger charge is -2.32. The molecule has 1 saturated heterocycles. The Bertz CT molecular complexity index is 817. The molecule has 24 heavy (non-hydrogen) atoms. The number of carbonyl (C=O) groups excluding carboxylic acids is 2. The first-order valence-corrected chi connectivity index (χ1v) is 9.37. The van der Waals surface area contributed by atoms with E-state index >= 15 is 0 Å². The third-order valence-corrected chi connectivity index (χ3v) is 6.77. The molecule has 0 unspecified atom stereocenters. The van der Waals surface area contributed by atoms with Crippen molar-refractivity contribution in [2.24, 2.45) is 5.73 Å². The van der Waals surface area contributed by atoms with E-state index in [4.69, 9.17) is 5.73 Å². The fourth-order valence-electron chi connectivity index (χ4n) is 3.32. The van der Waals surface area contributed by atoms with Crippen LogP contribution >= 0.6 is 0 Å². The highest BCUT2D eigenvalue weighted by molar-refractivity contribution is 7.89. The zero-order chi connectivity index (χ0) is 17.7. The average Bonchev–Trinajstić information content (AvgIpc) is 2.76. The summed E-state index contributed by atoms with van der Waals surface area (Å²) in [6.45, 7) is 3.77. The van der Waals surface area contributed by atoms with Crippen molar-refractivity contribution in [3.8, 4) is 0 Å². The first-order chi connectivity index (χ1) is 11.2. The Labute approximate surface area is 141 Å². The van der Waals surface area contributed by atoms with Gasteiger partial charge in [-0.2, -0.15) is 4.31 Å². The summed E-state index contributed by atoms with van der Waals surface area (Å²) in [7, 11) is -3.85. The summed E-state index contributed by atoms with van der Waals surface area (Å²) in [4.78, 5) is 23.7. The van der Waals surface area contributed by atoms with Gasteiger partial charge in [0.1, 0.15) is 6.04 Å². The topological polar surface area (TPSA) is 110 Å². The lowest BCUT2D eigenvalue weighted by Crippen LogP contribution is -2.50. The zero-order valence-electron chi connectivity index (χ0n) is 13.7. The Morgan fingerprint density at radius 3 is 2.71 bits per heavy atom. The van der Waals surface area contributed by atoms with Crippen LogP contribution in [0.15, 0.2) is 23.1 Å². The monoisotopic (exact) mass is 351 g/mol. The van der Waals surface area contributed by atoms with Crippen LogP contribution in [0.2, 0.25) is 0 Å². The van der Waals surface area contributed by atoms with Gasteiger partial charge in [0.2, 0.25) is 21.8 Å². The quantitative estimate of drug-likeness (QED) is 0.844. The normalized spacial score (nSPS) is 23.6. The maximum absolute atomic E-state index is 13.0. The van der Waals surface area contributed by atoms with Crippen LogP contribution in [0.1, 0.15) is 38.7 Å². The summed E-state index contributed by atoms with van der Waals surface area (Å²) in [5, 5.41) is 2.75. The van der Waals surface area contributed by atoms with E-state index in [9.17, 15) is 18.0 Å². The van der Waals surface area contributed by atoms with Crippen molar-refractivity contribution in [3.05, 3.63) is 23.8 Å². The Balaban J connectivity index is 2.04. The number of anilines is 1. The van der Waals surface area contributed by atoms with E-state index in [0.29, 0.717) is 24.1 Å². The maximum atomic E-state index is 13.0. The summed E-state index contributed by atoms with van der Waals surface area (Å²) >= 11 is 0. The summed E-state index contributed by atoms with van der Waals surface area (Å²) < 4.78 is 27.2. The van der Waals surface area contributed by atoms with Crippen molar-refractivity contribution in [3.63, 3.8) is 0 Å². The molecule has 2 aliphatic heterocycles. The Kier molecular flexibility index (Phi) is 3.92. The highest BCUT2D eigenvalue weighted by atomic mass is 32.2. The molecule has 2 aliphatic rings. The van der Waals surface area contributed by atoms with Gasteiger partial charge in [0, 0.05) is 12.2 Å². The van der Waals surface area contributed by atoms with Crippen LogP contribution < -0.4 is 11.1 Å². The average molecular weight is 351 g/mol. The van der Waals surface area contributed by atoms with Gasteiger partial charge in [-0.15, -0.1) is 0 Å². The fraction of sp³-hybridized carbons (Fsp3) is 0.500. The molecule has 0 aliphatic carbocycles. The van der Waals surface area contributed by atoms with E-state index in [1.165, 1.54) is 16.4 Å². The van der Waals surface area contributed by atoms with Crippen molar-refractivity contribution < 1.29 is 18.0 Å². The predicted octanol–water partition coefficient (Wildman–Crippen LogP) is 0.945. The second-order valence-electron chi connectivity index (χ2n) is 6.82. The molecule has 3 N–H and O–H groups in total. The van der Waals surface area contributed by atoms with Gasteiger partial charge >= 0.3 is 0 Å². The van der Waals surface area contributed by atoms with Gasteiger partial charge in [-0.25, -0.2) is 8.42 Å². The van der Waals surface area contributed by atoms with Crippen LogP contribution in [0.5, 0.6) is 0 Å². The molecule has 1 aromatic rings. The second kappa shape index (κ2) is 5.56. The number of hydrogen-bond acceptors (Lipinski definition) is 4. The molecule has 0 bridgehead atoms. The van der Waals surface area contributed by atoms with Crippen molar-refractivity contribution in [2.75, 3.05) is 11.9 Å². The highest BCUT2D eigenvalue weighted by Gasteiger charge is 2.41. The SMILES string of the molecule is CC1(C)C(=O)Nc2ccc(S(=O)(=O)N3CCCC[C@@H]3C(N)=O)cc21. The minimum Gasteiger partial charge on any atom is -0.368 e. The molecular formula is C16H21N3O4S. The third kappa shape index (κ3) is 2.50. The number of nitrogens with zero attached hydrogens (tertiary/aromatic N) is 1. The van der Waals surface area contributed by atoms with Crippen molar-refractivity contribution >= 4 is 27.5 Å². The van der Waals surface area contributed by atoms with Gasteiger partial charge in [0.25, 0.3) is 0 Å². The van der Waals surface area contributed by atoms with E-state index in [0.717, 1.165) is 6.42 Å². The first kappa shape index (κ1) is 16.9. The maximum Gasteiger partial charge on any atom is 0.243 e. The van der Waals surface area contributed by atoms with Gasteiger partial charge in [-0.05, 0) is 50.5 Å². The molecule has 0 saturated carbocycles. The van der Waals surface area contributed by atoms with Gasteiger partial charge < -0.3 is 11.1 Å². The van der Waals surface area contributed by atoms with Crippen LogP contribution in [0, 0.1) is 0 Å². The summed E-state index contributed by atoms with van der Waals surface area (Å²) in [5.41, 5.74) is 5.84. The lowest BCUT2D eigenvalue weighted by molar-refractivity contribution is -0.122. The van der Waals surface area contributed by atoms with Crippen LogP contribution in [0.25, 0.3) is 0 Å². The summed E-state index contributed by atoms with van der Waals surface area (Å²) in [6.07, 6.45) is 1.90. The van der Waals surface area contributed by atoms with E-state index in [2.05, 4.69) is 5.32 Å². The lowest BCUT2D eigenvalue weighted by atomic mass is 9.86. The van der Waals surface area contributed by atoms with Crippen molar-refractivity contribution in [1.29, 1.82) is 0 Å². The summed E-state index contributed by atoms with van der Waals surface area (Å²) in [6, 6.07) is 3.76. The highest BCUT2D eigenvalue weighted by Crippen LogP contribution is 2.39. The zero-order valence-corrected chi connectivity index (χ0v) is 14.5. The molecule has 2 heterocycles. The van der Waals surface area contributed by atoms with Crippen molar-refractivity contribution in [1.82, 2.24) is 4.31 Å². The Morgan fingerprint density at radius 2 is 2.04 bits per heavy atom. The number of primary amides is 1. The minimum atomic E-state index is -3.85. The molecule has 1 aromatic carbocycles. The standard InChI is InChI=1S/C16H21N3O4S/c1-16(2)11-9-10(6-7-12(11)18-15(16)21)24(22,23)19-8-4-3-5-13(19)14(17)20/h6-7,9,13H,3-5,8H2,1-2H3,(H2,17,20)(H,18,21)/t13-/m1/s1. The predicted molar refractivity (Wildman–Crippen MR) is 88.8 cm³/mol. The number of benzene rings is 1. The van der Waals surface area contributed by atoms with Crippen LogP contribution in [-0.4, -0.2) is 37.1 Å². The first-order valence-electron chi connectivity index (χ1n) is 7.93. The molecule has 8 heteroatoms. The summed E-state index contributed by atoms with van der Waals surface area (Å²) in [5.74, 6) is -0.795. The van der Waals surface area contributed by atoms with Gasteiger partial charge in [-0.1, -0.05) is 6.42 Å². The molecule has 1 atom stereocenters. The number of amides is 2. The molecule has 0 radical (unpaired) electrons. The number of carbonyl (C=O) groups is 2. The number of nitrogens with two attached hydrogens (primary N) is 1. The van der Waals surface area contributed by atoms with Gasteiger partial charge in [-0.3, -0.25) is 9.59 Å². The number of sulfonamides is 1. The Hall–Kier alpha value is -1.93. The van der Waals surface area contributed by atoms with E-state index < -0.39 is 27.4 Å². The number of hydrogen-bond donors (Lipinski definition) is 2. The van der Waals surface area contributed by atoms with Crippen LogP contribution in [0.3, 0.4) is 0 Å². The molecular weight excluding hydrogens is 330 g/mol. The largest absolute Gasteiger partial charge is 0.368 e. The minimum absolute atomic E-state index is 0.0824. The number of fused-ring (bicyclic) bond motifs is 1. The number of piperidine rings is 1. The van der Waals surface area contributed by atoms with Crippen LogP contribution in [0.4, 0.5) is 5.69 Å². The van der Waals surface area contributed by atoms with Crippen molar-refractivity contribution in [2.45, 2.75) is 49.5 Å². The molecule has 1 fully saturated rings. The molecule has 3 rings (SSSR count). The van der Waals surface area contributed by atoms with E-state index in [1.807, 2.05) is 0 Å². The molecule has 7 nitrogen and oxygen atoms in total. The van der Waals surface area contributed by atoms with Crippen LogP contribution in [-0.2, 0) is 25.0 Å². The molecule has 0 aromatic heterocycles. The van der Waals surface area contributed by atoms with Gasteiger partial charge in [0.05, 0.1) is 10.3 Å². The second-order valence-corrected chi connectivity index (χ2v) is 8.71. The fourth-order valence-corrected chi connectivity index (χ4v) is 5.01. The molecule has 130 valence electrons.